The molecule has 88 heavy (non-hydrogen) atoms. The van der Waals surface area contributed by atoms with E-state index in [1.807, 2.05) is 0 Å². The first kappa shape index (κ1) is 50.2. The van der Waals surface area contributed by atoms with Gasteiger partial charge in [0.25, 0.3) is 0 Å². The van der Waals surface area contributed by atoms with Crippen molar-refractivity contribution in [2.24, 2.45) is 0 Å². The standard InChI is InChI=1S/C81H53N5Si2/c1-5-26-54(27-6-1)56-48-49-68-67-38-17-23-45-74(67)88(77(68)52-56,59-32-11-4-12-33-59)61-51-57(50-60(53-61)87(58-30-9-3-10-31-58)75-46-24-18-39-69(75)78-62(40-25-47-76(78)87)55-28-7-2-8-29-55)79-82-80(85-70-41-19-13-34-63(70)64-35-14-20-42-71(64)85)84-81(83-79)86-72-43-21-15-36-65(72)66-37-16-22-44-73(66)86/h1-53H. The molecule has 0 saturated carbocycles. The zero-order valence-corrected chi connectivity index (χ0v) is 49.8. The van der Waals surface area contributed by atoms with E-state index in [0.29, 0.717) is 17.7 Å². The van der Waals surface area contributed by atoms with E-state index in [9.17, 15) is 0 Å². The van der Waals surface area contributed by atoms with Gasteiger partial charge in [-0.05, 0) is 110 Å². The minimum absolute atomic E-state index is 0.546. The predicted molar refractivity (Wildman–Crippen MR) is 370 cm³/mol. The quantitative estimate of drug-likeness (QED) is 0.135. The van der Waals surface area contributed by atoms with E-state index in [1.54, 1.807) is 0 Å². The molecule has 0 aliphatic carbocycles. The van der Waals surface area contributed by atoms with Crippen LogP contribution in [0.4, 0.5) is 0 Å². The summed E-state index contributed by atoms with van der Waals surface area (Å²) in [6.45, 7) is 0. The SMILES string of the molecule is c1ccc(-c2ccc3c(c2)[Si](c2ccccc2)(c2cc(-c4nc(-n5c6ccccc6c6ccccc65)nc(-n5c6ccccc6c6ccccc65)n4)cc([Si]4(c5ccccc5)c5ccccc5-c5c(-c6ccccc6)cccc54)c2)c2ccccc2-3)cc1. The summed E-state index contributed by atoms with van der Waals surface area (Å²) in [5, 5.41) is 15.2. The van der Waals surface area contributed by atoms with E-state index >= 15 is 0 Å². The van der Waals surface area contributed by atoms with Crippen LogP contribution in [0.2, 0.25) is 0 Å². The summed E-state index contributed by atoms with van der Waals surface area (Å²) < 4.78 is 4.50. The highest BCUT2D eigenvalue weighted by atomic mass is 28.3. The van der Waals surface area contributed by atoms with Crippen LogP contribution in [-0.4, -0.2) is 40.2 Å². The van der Waals surface area contributed by atoms with Crippen molar-refractivity contribution in [2.45, 2.75) is 0 Å². The van der Waals surface area contributed by atoms with Gasteiger partial charge in [0, 0.05) is 27.1 Å². The highest BCUT2D eigenvalue weighted by Gasteiger charge is 2.53. The maximum atomic E-state index is 5.89. The lowest BCUT2D eigenvalue weighted by Crippen LogP contribution is -2.76. The Hall–Kier alpha value is -11.1. The molecule has 410 valence electrons. The first-order valence-corrected chi connectivity index (χ1v) is 34.3. The number of rotatable bonds is 9. The molecule has 0 N–H and O–H groups in total. The number of nitrogens with zero attached hydrogens (tertiary/aromatic N) is 5. The Morgan fingerprint density at radius 2 is 0.625 bits per heavy atom. The van der Waals surface area contributed by atoms with E-state index in [4.69, 9.17) is 15.0 Å². The van der Waals surface area contributed by atoms with Gasteiger partial charge in [-0.1, -0.05) is 297 Å². The number of fused-ring (bicyclic) bond motifs is 12. The van der Waals surface area contributed by atoms with Gasteiger partial charge in [-0.15, -0.1) is 0 Å². The van der Waals surface area contributed by atoms with Gasteiger partial charge in [0.2, 0.25) is 11.9 Å². The van der Waals surface area contributed by atoms with Crippen LogP contribution in [0.15, 0.2) is 322 Å². The Bertz CT molecular complexity index is 5170. The van der Waals surface area contributed by atoms with Crippen LogP contribution in [0.25, 0.3) is 111 Å². The fourth-order valence-corrected chi connectivity index (χ4v) is 26.0. The van der Waals surface area contributed by atoms with Crippen LogP contribution in [0, 0.1) is 0 Å². The molecule has 0 saturated heterocycles. The first-order valence-electron chi connectivity index (χ1n) is 30.3. The number of hydrogen-bond donors (Lipinski definition) is 0. The molecule has 3 aromatic heterocycles. The summed E-state index contributed by atoms with van der Waals surface area (Å²) in [4.78, 5) is 17.5. The summed E-state index contributed by atoms with van der Waals surface area (Å²) in [6.07, 6.45) is 0. The minimum atomic E-state index is -3.36. The molecule has 0 bridgehead atoms. The van der Waals surface area contributed by atoms with E-state index in [-0.39, 0.29) is 0 Å². The average molecular weight is 1150 g/mol. The van der Waals surface area contributed by atoms with Gasteiger partial charge in [-0.2, -0.15) is 15.0 Å². The number of aromatic nitrogens is 5. The summed E-state index contributed by atoms with van der Waals surface area (Å²) >= 11 is 0. The monoisotopic (exact) mass is 1150 g/mol. The summed E-state index contributed by atoms with van der Waals surface area (Å²) in [5.41, 5.74) is 15.0. The van der Waals surface area contributed by atoms with Crippen LogP contribution < -0.4 is 41.5 Å². The van der Waals surface area contributed by atoms with Gasteiger partial charge in [0.05, 0.1) is 22.1 Å². The van der Waals surface area contributed by atoms with E-state index in [0.717, 1.165) is 49.2 Å². The van der Waals surface area contributed by atoms with Crippen molar-refractivity contribution in [1.82, 2.24) is 24.1 Å². The maximum Gasteiger partial charge on any atom is 0.240 e. The molecule has 2 unspecified atom stereocenters. The van der Waals surface area contributed by atoms with Crippen LogP contribution in [0.1, 0.15) is 0 Å². The fourth-order valence-electron chi connectivity index (χ4n) is 15.4. The number of benzene rings is 13. The van der Waals surface area contributed by atoms with Crippen LogP contribution >= 0.6 is 0 Å². The second kappa shape index (κ2) is 19.7. The Labute approximate surface area is 511 Å². The predicted octanol–water partition coefficient (Wildman–Crippen LogP) is 13.8. The highest BCUT2D eigenvalue weighted by Crippen LogP contribution is 2.40. The molecular formula is C81H53N5Si2. The molecule has 0 radical (unpaired) electrons. The van der Waals surface area contributed by atoms with Crippen molar-refractivity contribution in [1.29, 1.82) is 0 Å². The molecule has 7 heteroatoms. The zero-order valence-electron chi connectivity index (χ0n) is 47.8. The number of hydrogen-bond acceptors (Lipinski definition) is 3. The second-order valence-electron chi connectivity index (χ2n) is 23.3. The zero-order chi connectivity index (χ0) is 57.9. The highest BCUT2D eigenvalue weighted by molar-refractivity contribution is 7.24. The Morgan fingerprint density at radius 3 is 1.16 bits per heavy atom. The lowest BCUT2D eigenvalue weighted by Gasteiger charge is -2.36. The molecule has 18 rings (SSSR count). The third-order valence-electron chi connectivity index (χ3n) is 18.9. The van der Waals surface area contributed by atoms with Crippen molar-refractivity contribution in [3.05, 3.63) is 322 Å². The first-order chi connectivity index (χ1) is 43.7. The molecule has 2 atom stereocenters. The van der Waals surface area contributed by atoms with Crippen molar-refractivity contribution in [2.75, 3.05) is 0 Å². The Morgan fingerprint density at radius 1 is 0.227 bits per heavy atom. The van der Waals surface area contributed by atoms with Crippen LogP contribution in [-0.2, 0) is 0 Å². The second-order valence-corrected chi connectivity index (χ2v) is 30.8. The summed E-state index contributed by atoms with van der Waals surface area (Å²) in [5.74, 6) is 1.68. The number of para-hydroxylation sites is 4. The Kier molecular flexibility index (Phi) is 11.3. The van der Waals surface area contributed by atoms with E-state index in [1.165, 1.54) is 86.0 Å². The molecule has 0 fully saturated rings. The van der Waals surface area contributed by atoms with E-state index < -0.39 is 16.1 Å². The van der Waals surface area contributed by atoms with Gasteiger partial charge < -0.3 is 0 Å². The van der Waals surface area contributed by atoms with E-state index in [2.05, 4.69) is 331 Å². The van der Waals surface area contributed by atoms with Crippen molar-refractivity contribution < 1.29 is 0 Å². The average Bonchev–Trinajstić information content (AvgIpc) is 1.52. The smallest absolute Gasteiger partial charge is 0.240 e. The lowest BCUT2D eigenvalue weighted by molar-refractivity contribution is 0.893. The van der Waals surface area contributed by atoms with Crippen molar-refractivity contribution in [3.63, 3.8) is 0 Å². The normalized spacial score (nSPS) is 15.6. The van der Waals surface area contributed by atoms with Crippen molar-refractivity contribution >= 4 is 101 Å². The molecule has 5 heterocycles. The maximum absolute atomic E-state index is 5.89. The largest absolute Gasteiger partial charge is 0.278 e. The molecule has 0 spiro atoms. The van der Waals surface area contributed by atoms with Crippen LogP contribution in [0.5, 0.6) is 0 Å². The topological polar surface area (TPSA) is 48.5 Å². The van der Waals surface area contributed by atoms with Crippen molar-refractivity contribution in [3.8, 4) is 67.8 Å². The molecule has 2 aliphatic rings. The fraction of sp³-hybridized carbons (Fsp3) is 0. The third-order valence-corrected chi connectivity index (χ3v) is 28.6. The molecular weight excluding hydrogens is 1100 g/mol. The summed E-state index contributed by atoms with van der Waals surface area (Å²) in [7, 11) is -6.71. The van der Waals surface area contributed by atoms with Crippen LogP contribution in [0.3, 0.4) is 0 Å². The summed E-state index contributed by atoms with van der Waals surface area (Å²) in [6, 6.07) is 120. The van der Waals surface area contributed by atoms with Gasteiger partial charge >= 0.3 is 0 Å². The van der Waals surface area contributed by atoms with Gasteiger partial charge in [0.15, 0.2) is 22.0 Å². The molecule has 2 aliphatic heterocycles. The van der Waals surface area contributed by atoms with Gasteiger partial charge in [0.1, 0.15) is 0 Å². The Balaban J connectivity index is 1.03. The molecule has 5 nitrogen and oxygen atoms in total. The van der Waals surface area contributed by atoms with Gasteiger partial charge in [-0.25, -0.2) is 0 Å². The molecule has 16 aromatic rings. The molecule has 0 amide bonds. The third kappa shape index (κ3) is 7.23. The molecule has 13 aromatic carbocycles. The van der Waals surface area contributed by atoms with Gasteiger partial charge in [-0.3, -0.25) is 9.13 Å². The minimum Gasteiger partial charge on any atom is -0.278 e. The lowest BCUT2D eigenvalue weighted by atomic mass is 9.95.